The summed E-state index contributed by atoms with van der Waals surface area (Å²) in [5, 5.41) is 13.3. The maximum absolute atomic E-state index is 13.0. The van der Waals surface area contributed by atoms with Crippen LogP contribution in [-0.4, -0.2) is 35.3 Å². The number of benzene rings is 1. The minimum Gasteiger partial charge on any atom is -0.497 e. The lowest BCUT2D eigenvalue weighted by Gasteiger charge is -2.13. The number of carbonyl (C=O) groups excluding carboxylic acids is 1. The molecule has 5 nitrogen and oxygen atoms in total. The molecule has 2 N–H and O–H groups in total. The van der Waals surface area contributed by atoms with Crippen LogP contribution in [0.1, 0.15) is 35.8 Å². The van der Waals surface area contributed by atoms with Crippen molar-refractivity contribution in [1.82, 2.24) is 9.88 Å². The number of aromatic nitrogens is 1. The summed E-state index contributed by atoms with van der Waals surface area (Å²) in [7, 11) is 1.63. The van der Waals surface area contributed by atoms with Gasteiger partial charge in [-0.3, -0.25) is 4.79 Å². The Labute approximate surface area is 148 Å². The van der Waals surface area contributed by atoms with Gasteiger partial charge in [-0.2, -0.15) is 0 Å². The zero-order valence-corrected chi connectivity index (χ0v) is 15.1. The van der Waals surface area contributed by atoms with Crippen molar-refractivity contribution in [3.63, 3.8) is 0 Å². The summed E-state index contributed by atoms with van der Waals surface area (Å²) in [5.41, 5.74) is 2.74. The molecule has 1 amide bonds. The smallest absolute Gasteiger partial charge is 0.254 e. The first-order valence-corrected chi connectivity index (χ1v) is 8.85. The normalized spacial score (nSPS) is 19.5. The first-order chi connectivity index (χ1) is 12.1. The lowest BCUT2D eigenvalue weighted by molar-refractivity contribution is 0.0942. The summed E-state index contributed by atoms with van der Waals surface area (Å²) in [6.45, 7) is 5.12. The van der Waals surface area contributed by atoms with Gasteiger partial charge in [0.15, 0.2) is 0 Å². The molecule has 1 aromatic carbocycles. The fraction of sp³-hybridized carbons (Fsp3) is 0.450. The van der Waals surface area contributed by atoms with Gasteiger partial charge in [-0.25, -0.2) is 0 Å². The molecule has 0 spiro atoms. The number of aryl methyl sites for hydroxylation is 1. The third-order valence-electron chi connectivity index (χ3n) is 4.93. The first kappa shape index (κ1) is 17.5. The molecule has 0 saturated heterocycles. The van der Waals surface area contributed by atoms with Gasteiger partial charge in [0.1, 0.15) is 5.75 Å². The maximum atomic E-state index is 13.0. The van der Waals surface area contributed by atoms with E-state index in [-0.39, 0.29) is 24.5 Å². The third kappa shape index (κ3) is 3.29. The molecule has 0 unspecified atom stereocenters. The van der Waals surface area contributed by atoms with Crippen LogP contribution >= 0.6 is 0 Å². The topological polar surface area (TPSA) is 63.5 Å². The Kier molecular flexibility index (Phi) is 5.13. The quantitative estimate of drug-likeness (QED) is 0.793. The van der Waals surface area contributed by atoms with E-state index in [1.54, 1.807) is 7.11 Å². The standard InChI is InChI=1S/C20H26N2O3/c1-4-9-22-13(2)19(17-11-16(25-3)7-8-18(17)22)20(24)21-15-6-5-14(10-15)12-23/h5-8,11,14-15,23H,4,9-10,12H2,1-3H3,(H,21,24)/t14-,15+/m0/s1. The van der Waals surface area contributed by atoms with Crippen LogP contribution in [0, 0.1) is 12.8 Å². The molecule has 2 aromatic rings. The molecule has 0 bridgehead atoms. The molecule has 1 aromatic heterocycles. The molecule has 1 heterocycles. The molecule has 0 saturated carbocycles. The van der Waals surface area contributed by atoms with E-state index in [2.05, 4.69) is 16.8 Å². The number of nitrogens with one attached hydrogen (secondary N) is 1. The lowest BCUT2D eigenvalue weighted by atomic mass is 10.1. The minimum atomic E-state index is -0.0705. The van der Waals surface area contributed by atoms with Crippen molar-refractivity contribution >= 4 is 16.8 Å². The van der Waals surface area contributed by atoms with E-state index in [1.165, 1.54) is 0 Å². The number of ether oxygens (including phenoxy) is 1. The molecule has 1 aliphatic rings. The van der Waals surface area contributed by atoms with Crippen molar-refractivity contribution in [2.45, 2.75) is 39.3 Å². The van der Waals surface area contributed by atoms with Crippen LogP contribution in [0.15, 0.2) is 30.4 Å². The van der Waals surface area contributed by atoms with Crippen LogP contribution in [-0.2, 0) is 6.54 Å². The molecule has 134 valence electrons. The summed E-state index contributed by atoms with van der Waals surface area (Å²) < 4.78 is 7.55. The van der Waals surface area contributed by atoms with Crippen molar-refractivity contribution < 1.29 is 14.6 Å². The Morgan fingerprint density at radius 1 is 1.40 bits per heavy atom. The number of nitrogens with zero attached hydrogens (tertiary/aromatic N) is 1. The van der Waals surface area contributed by atoms with Crippen LogP contribution in [0.3, 0.4) is 0 Å². The highest BCUT2D eigenvalue weighted by Gasteiger charge is 2.24. The molecule has 0 radical (unpaired) electrons. The molecule has 1 aliphatic carbocycles. The van der Waals surface area contributed by atoms with Gasteiger partial charge in [-0.05, 0) is 38.0 Å². The van der Waals surface area contributed by atoms with Crippen LogP contribution in [0.5, 0.6) is 5.75 Å². The number of hydrogen-bond donors (Lipinski definition) is 2. The largest absolute Gasteiger partial charge is 0.497 e. The second-order valence-corrected chi connectivity index (χ2v) is 6.64. The lowest BCUT2D eigenvalue weighted by Crippen LogP contribution is -2.33. The summed E-state index contributed by atoms with van der Waals surface area (Å²) in [6, 6.07) is 5.86. The monoisotopic (exact) mass is 342 g/mol. The van der Waals surface area contributed by atoms with Gasteiger partial charge in [0, 0.05) is 41.7 Å². The Morgan fingerprint density at radius 2 is 2.20 bits per heavy atom. The van der Waals surface area contributed by atoms with Gasteiger partial charge < -0.3 is 19.7 Å². The molecular formula is C20H26N2O3. The Morgan fingerprint density at radius 3 is 2.84 bits per heavy atom. The number of amides is 1. The van der Waals surface area contributed by atoms with Crippen LogP contribution in [0.25, 0.3) is 10.9 Å². The average molecular weight is 342 g/mol. The van der Waals surface area contributed by atoms with E-state index < -0.39 is 0 Å². The molecular weight excluding hydrogens is 316 g/mol. The van der Waals surface area contributed by atoms with Gasteiger partial charge >= 0.3 is 0 Å². The van der Waals surface area contributed by atoms with Crippen LogP contribution in [0.2, 0.25) is 0 Å². The molecule has 25 heavy (non-hydrogen) atoms. The Bertz CT molecular complexity index is 807. The van der Waals surface area contributed by atoms with Gasteiger partial charge in [-0.1, -0.05) is 19.1 Å². The predicted molar refractivity (Wildman–Crippen MR) is 99.1 cm³/mol. The van der Waals surface area contributed by atoms with E-state index in [0.717, 1.165) is 41.7 Å². The fourth-order valence-electron chi connectivity index (χ4n) is 3.64. The summed E-state index contributed by atoms with van der Waals surface area (Å²) in [6.07, 6.45) is 5.70. The van der Waals surface area contributed by atoms with Gasteiger partial charge in [0.25, 0.3) is 5.91 Å². The van der Waals surface area contributed by atoms with Crippen molar-refractivity contribution in [3.05, 3.63) is 41.6 Å². The zero-order valence-electron chi connectivity index (χ0n) is 15.1. The number of hydrogen-bond acceptors (Lipinski definition) is 3. The Hall–Kier alpha value is -2.27. The molecule has 0 aliphatic heterocycles. The van der Waals surface area contributed by atoms with Crippen molar-refractivity contribution in [2.24, 2.45) is 5.92 Å². The molecule has 0 fully saturated rings. The summed E-state index contributed by atoms with van der Waals surface area (Å²) in [5.74, 6) is 0.808. The highest BCUT2D eigenvalue weighted by Crippen LogP contribution is 2.30. The van der Waals surface area contributed by atoms with E-state index in [9.17, 15) is 9.90 Å². The number of rotatable bonds is 6. The maximum Gasteiger partial charge on any atom is 0.254 e. The van der Waals surface area contributed by atoms with E-state index in [4.69, 9.17) is 4.74 Å². The summed E-state index contributed by atoms with van der Waals surface area (Å²) >= 11 is 0. The van der Waals surface area contributed by atoms with Gasteiger partial charge in [0.2, 0.25) is 0 Å². The van der Waals surface area contributed by atoms with Crippen LogP contribution in [0.4, 0.5) is 0 Å². The van der Waals surface area contributed by atoms with Crippen molar-refractivity contribution in [1.29, 1.82) is 0 Å². The second kappa shape index (κ2) is 7.31. The zero-order chi connectivity index (χ0) is 18.0. The molecule has 5 heteroatoms. The third-order valence-corrected chi connectivity index (χ3v) is 4.93. The number of aliphatic hydroxyl groups excluding tert-OH is 1. The SMILES string of the molecule is CCCn1c(C)c(C(=O)N[C@@H]2C=C[C@H](CO)C2)c2cc(OC)ccc21. The molecule has 3 rings (SSSR count). The minimum absolute atomic E-state index is 0.0285. The van der Waals surface area contributed by atoms with Gasteiger partial charge in [0.05, 0.1) is 12.7 Å². The van der Waals surface area contributed by atoms with Crippen LogP contribution < -0.4 is 10.1 Å². The fourth-order valence-corrected chi connectivity index (χ4v) is 3.64. The number of fused-ring (bicyclic) bond motifs is 1. The average Bonchev–Trinajstić information content (AvgIpc) is 3.17. The number of methoxy groups -OCH3 is 1. The van der Waals surface area contributed by atoms with E-state index >= 15 is 0 Å². The Balaban J connectivity index is 1.97. The first-order valence-electron chi connectivity index (χ1n) is 8.85. The molecule has 2 atom stereocenters. The summed E-state index contributed by atoms with van der Waals surface area (Å²) in [4.78, 5) is 13.0. The highest BCUT2D eigenvalue weighted by molar-refractivity contribution is 6.09. The number of carbonyl (C=O) groups is 1. The van der Waals surface area contributed by atoms with Gasteiger partial charge in [-0.15, -0.1) is 0 Å². The van der Waals surface area contributed by atoms with E-state index in [1.807, 2.05) is 37.3 Å². The number of aliphatic hydroxyl groups is 1. The second-order valence-electron chi connectivity index (χ2n) is 6.64. The highest BCUT2D eigenvalue weighted by atomic mass is 16.5. The van der Waals surface area contributed by atoms with E-state index in [0.29, 0.717) is 5.56 Å². The van der Waals surface area contributed by atoms with Crippen molar-refractivity contribution in [3.8, 4) is 5.75 Å². The van der Waals surface area contributed by atoms with Crippen molar-refractivity contribution in [2.75, 3.05) is 13.7 Å². The predicted octanol–water partition coefficient (Wildman–Crippen LogP) is 3.04.